The largest absolute Gasteiger partial charge is 0.394 e. The molecule has 0 amide bonds. The van der Waals surface area contributed by atoms with Crippen molar-refractivity contribution in [2.75, 3.05) is 26.4 Å². The Balaban J connectivity index is 1.01. The number of fused-ring (bicyclic) bond motifs is 5. The Bertz CT molecular complexity index is 1990. The summed E-state index contributed by atoms with van der Waals surface area (Å²) in [7, 11) is 0. The topological polar surface area (TPSA) is 377 Å². The third-order valence-electron chi connectivity index (χ3n) is 20.9. The Kier molecular flexibility index (Phi) is 18.9. The third kappa shape index (κ3) is 10.9. The van der Waals surface area contributed by atoms with E-state index in [0.29, 0.717) is 38.5 Å². The fraction of sp³-hybridized carbons (Fsp3) is 0.963. The van der Waals surface area contributed by atoms with Crippen molar-refractivity contribution in [1.29, 1.82) is 0 Å². The molecule has 2 unspecified atom stereocenters. The van der Waals surface area contributed by atoms with Gasteiger partial charge in [0.25, 0.3) is 0 Å². The predicted octanol–water partition coefficient (Wildman–Crippen LogP) is -2.20. The van der Waals surface area contributed by atoms with E-state index in [-0.39, 0.29) is 34.5 Å². The highest BCUT2D eigenvalue weighted by molar-refractivity contribution is 5.20. The van der Waals surface area contributed by atoms with E-state index >= 15 is 0 Å². The number of hydrogen-bond donors (Lipinski definition) is 15. The van der Waals surface area contributed by atoms with Gasteiger partial charge in [-0.05, 0) is 124 Å². The van der Waals surface area contributed by atoms with Gasteiger partial charge in [-0.2, -0.15) is 0 Å². The van der Waals surface area contributed by atoms with Crippen molar-refractivity contribution in [3.63, 3.8) is 0 Å². The first-order chi connectivity index (χ1) is 36.0. The van der Waals surface area contributed by atoms with Gasteiger partial charge in [-0.3, -0.25) is 0 Å². The van der Waals surface area contributed by atoms with Crippen molar-refractivity contribution in [3.05, 3.63) is 11.6 Å². The minimum Gasteiger partial charge on any atom is -0.394 e. The zero-order valence-electron chi connectivity index (χ0n) is 45.8. The maximum absolute atomic E-state index is 12.8. The maximum atomic E-state index is 12.8. The lowest BCUT2D eigenvalue weighted by molar-refractivity contribution is -0.378. The van der Waals surface area contributed by atoms with Gasteiger partial charge in [0.15, 0.2) is 25.2 Å². The van der Waals surface area contributed by atoms with Crippen molar-refractivity contribution >= 4 is 0 Å². The van der Waals surface area contributed by atoms with Crippen molar-refractivity contribution in [3.8, 4) is 0 Å². The second-order valence-electron chi connectivity index (χ2n) is 25.7. The lowest BCUT2D eigenvalue weighted by atomic mass is 9.35. The molecule has 4 saturated heterocycles. The molecule has 0 aromatic rings. The van der Waals surface area contributed by atoms with E-state index in [9.17, 15) is 76.6 Å². The number of hydrogen-bond acceptors (Lipinski definition) is 23. The zero-order valence-corrected chi connectivity index (χ0v) is 45.8. The summed E-state index contributed by atoms with van der Waals surface area (Å²) in [5.41, 5.74) is -1.59. The van der Waals surface area contributed by atoms with Crippen molar-refractivity contribution in [2.24, 2.45) is 45.3 Å². The van der Waals surface area contributed by atoms with E-state index in [1.54, 1.807) is 0 Å². The van der Waals surface area contributed by atoms with Gasteiger partial charge in [0.1, 0.15) is 97.7 Å². The Morgan fingerprint density at radius 2 is 1.05 bits per heavy atom. The molecule has 15 N–H and O–H groups in total. The second kappa shape index (κ2) is 23.5. The van der Waals surface area contributed by atoms with E-state index in [2.05, 4.69) is 40.7 Å². The van der Waals surface area contributed by atoms with Crippen LogP contribution in [0.15, 0.2) is 11.6 Å². The molecule has 8 aliphatic rings. The minimum absolute atomic E-state index is 0.0374. The quantitative estimate of drug-likeness (QED) is 0.0576. The smallest absolute Gasteiger partial charge is 0.187 e. The average Bonchev–Trinajstić information content (AvgIpc) is 3.96. The number of rotatable bonds is 16. The molecule has 0 aromatic heterocycles. The number of allylic oxidation sites excluding steroid dienone is 2. The predicted molar refractivity (Wildman–Crippen MR) is 266 cm³/mol. The second-order valence-corrected chi connectivity index (χ2v) is 25.7. The molecule has 23 nitrogen and oxygen atoms in total. The van der Waals surface area contributed by atoms with Crippen LogP contribution in [-0.2, 0) is 37.9 Å². The van der Waals surface area contributed by atoms with Gasteiger partial charge in [-0.15, -0.1) is 0 Å². The molecule has 30 atom stereocenters. The van der Waals surface area contributed by atoms with Crippen molar-refractivity contribution < 1.29 is 114 Å². The highest BCUT2D eigenvalue weighted by Crippen LogP contribution is 2.76. The molecule has 23 heteroatoms. The van der Waals surface area contributed by atoms with E-state index in [1.807, 2.05) is 20.8 Å². The Morgan fingerprint density at radius 1 is 0.545 bits per heavy atom. The van der Waals surface area contributed by atoms with Crippen molar-refractivity contribution in [1.82, 2.24) is 0 Å². The van der Waals surface area contributed by atoms with E-state index in [4.69, 9.17) is 37.9 Å². The van der Waals surface area contributed by atoms with Gasteiger partial charge in [-0.1, -0.05) is 46.3 Å². The first-order valence-electron chi connectivity index (χ1n) is 27.9. The molecule has 0 spiro atoms. The fourth-order valence-electron chi connectivity index (χ4n) is 16.3. The van der Waals surface area contributed by atoms with Gasteiger partial charge >= 0.3 is 0 Å². The molecule has 4 saturated carbocycles. The lowest BCUT2D eigenvalue weighted by Gasteiger charge is -2.71. The van der Waals surface area contributed by atoms with Crippen LogP contribution in [0.3, 0.4) is 0 Å². The van der Waals surface area contributed by atoms with Gasteiger partial charge in [-0.25, -0.2) is 0 Å². The molecular formula is C54H92O23. The van der Waals surface area contributed by atoms with Crippen LogP contribution in [0.2, 0.25) is 0 Å². The average molecular weight is 1110 g/mol. The first kappa shape index (κ1) is 61.9. The van der Waals surface area contributed by atoms with Gasteiger partial charge in [0, 0.05) is 0 Å². The first-order valence-corrected chi connectivity index (χ1v) is 27.9. The summed E-state index contributed by atoms with van der Waals surface area (Å²) in [5.74, 6) is -0.475. The highest BCUT2D eigenvalue weighted by atomic mass is 16.8. The summed E-state index contributed by atoms with van der Waals surface area (Å²) >= 11 is 0. The summed E-state index contributed by atoms with van der Waals surface area (Å²) in [4.78, 5) is 0. The standard InChI is InChI=1S/C54H92O23/c1-23(2)10-9-14-54(8,77-48-44(69)40(65)37(62)29(74-48)22-70-46-42(67)38(63)34(59)26(19-55)71-46)24-11-16-53(7)33(24)25(58)18-31-51(5)15-13-32(50(3,4)30(51)12-17-52(31,53)6)75-49-45(41(66)36(61)28(21-57)73-49)76-47-43(68)39(64)35(60)27(20-56)72-47/h10,24-49,55-69H,9,11-22H2,1-8H3/t24-,25-,26+,27+,28+,29+,30?,31?,32+,33+,34+,35+,36+,37+,38-,39-,40-,41-,42+,43+,44+,45+,46+,47-,48-,49-,51-,52+,53-,54-/m0/s1. The summed E-state index contributed by atoms with van der Waals surface area (Å²) in [6.07, 6.45) is -25.2. The van der Waals surface area contributed by atoms with Crippen LogP contribution in [0, 0.1) is 45.3 Å². The normalized spacial score (nSPS) is 52.7. The van der Waals surface area contributed by atoms with Crippen LogP contribution in [0.4, 0.5) is 0 Å². The number of ether oxygens (including phenoxy) is 8. The van der Waals surface area contributed by atoms with Crippen LogP contribution in [0.25, 0.3) is 0 Å². The summed E-state index contributed by atoms with van der Waals surface area (Å²) in [6, 6.07) is 0. The van der Waals surface area contributed by atoms with Gasteiger partial charge in [0.05, 0.1) is 44.2 Å². The van der Waals surface area contributed by atoms with E-state index in [0.717, 1.165) is 24.8 Å². The van der Waals surface area contributed by atoms with Gasteiger partial charge < -0.3 is 114 Å². The van der Waals surface area contributed by atoms with Gasteiger partial charge in [0.2, 0.25) is 0 Å². The monoisotopic (exact) mass is 1110 g/mol. The summed E-state index contributed by atoms with van der Waals surface area (Å²) < 4.78 is 48.9. The Labute approximate surface area is 450 Å². The summed E-state index contributed by atoms with van der Waals surface area (Å²) in [6.45, 7) is 14.6. The fourth-order valence-corrected chi connectivity index (χ4v) is 16.3. The highest BCUT2D eigenvalue weighted by Gasteiger charge is 2.72. The van der Waals surface area contributed by atoms with E-state index in [1.165, 1.54) is 0 Å². The molecule has 8 rings (SSSR count). The number of aliphatic hydroxyl groups is 15. The van der Waals surface area contributed by atoms with Crippen LogP contribution in [0.5, 0.6) is 0 Å². The summed E-state index contributed by atoms with van der Waals surface area (Å²) in [5, 5.41) is 162. The molecular weight excluding hydrogens is 1020 g/mol. The Morgan fingerprint density at radius 3 is 1.64 bits per heavy atom. The molecule has 4 aliphatic heterocycles. The Hall–Kier alpha value is -1.18. The molecule has 0 radical (unpaired) electrons. The lowest BCUT2D eigenvalue weighted by Crippen LogP contribution is -2.68. The minimum atomic E-state index is -1.82. The van der Waals surface area contributed by atoms with E-state index < -0.39 is 178 Å². The zero-order chi connectivity index (χ0) is 56.6. The molecule has 8 fully saturated rings. The molecule has 77 heavy (non-hydrogen) atoms. The molecule has 4 aliphatic carbocycles. The molecule has 446 valence electrons. The van der Waals surface area contributed by atoms with Crippen molar-refractivity contribution in [2.45, 2.75) is 254 Å². The SMILES string of the molecule is CC(C)=CCC[C@](C)(O[C@@H]1O[C@H](CO[C@@H]2O[C@H](CO)[C@@H](O)[C@H](O)[C@H]2O)[C@@H](O)[C@H](O)[C@H]1O)[C@H]1CC[C@@]2(C)[C@H]1[C@@H](O)CC1[C@@]3(C)CC[C@@H](O[C@@H]4O[C@H](CO)[C@@H](O)[C@H](O)[C@H]4O[C@@H]4O[C@H](CO)[C@@H](O)[C@H](O)[C@H]4O)C(C)(C)C3CC[C@]12C. The third-order valence-corrected chi connectivity index (χ3v) is 20.9. The maximum Gasteiger partial charge on any atom is 0.187 e. The molecule has 4 heterocycles. The molecule has 0 aromatic carbocycles. The molecule has 0 bridgehead atoms. The number of aliphatic hydroxyl groups excluding tert-OH is 15. The van der Waals surface area contributed by atoms with Crippen LogP contribution in [0.1, 0.15) is 113 Å². The van der Waals surface area contributed by atoms with Crippen LogP contribution < -0.4 is 0 Å². The van der Waals surface area contributed by atoms with Crippen LogP contribution >= 0.6 is 0 Å². The van der Waals surface area contributed by atoms with Crippen LogP contribution in [-0.4, -0.2) is 244 Å².